The Morgan fingerprint density at radius 2 is 2.26 bits per heavy atom. The number of thiocarbonyl (C=S) groups is 1. The summed E-state index contributed by atoms with van der Waals surface area (Å²) in [5.41, 5.74) is 9.03. The number of carbonyl (C=O) groups excluding carboxylic acids is 1. The molecule has 1 amide bonds. The number of hydrogen-bond donors (Lipinski definition) is 2. The minimum atomic E-state index is -0.160. The van der Waals surface area contributed by atoms with Gasteiger partial charge in [0.2, 0.25) is 0 Å². The van der Waals surface area contributed by atoms with Gasteiger partial charge in [0.05, 0.1) is 5.56 Å². The van der Waals surface area contributed by atoms with Crippen LogP contribution in [0.1, 0.15) is 42.4 Å². The van der Waals surface area contributed by atoms with E-state index in [2.05, 4.69) is 12.3 Å². The molecule has 0 unspecified atom stereocenters. The van der Waals surface area contributed by atoms with Crippen LogP contribution in [0.2, 0.25) is 0 Å². The fourth-order valence-electron chi connectivity index (χ4n) is 1.62. The Bertz CT molecular complexity index is 443. The third-order valence-electron chi connectivity index (χ3n) is 2.46. The first-order valence-corrected chi connectivity index (χ1v) is 7.68. The molecule has 106 valence electrons. The quantitative estimate of drug-likeness (QED) is 0.648. The molecule has 0 aliphatic carbocycles. The maximum Gasteiger partial charge on any atom is 0.270 e. The summed E-state index contributed by atoms with van der Waals surface area (Å²) in [6, 6.07) is 1.93. The predicted molar refractivity (Wildman–Crippen MR) is 84.1 cm³/mol. The molecule has 0 fully saturated rings. The average molecular weight is 299 g/mol. The van der Waals surface area contributed by atoms with E-state index < -0.39 is 0 Å². The van der Waals surface area contributed by atoms with Gasteiger partial charge in [-0.1, -0.05) is 27.2 Å². The average Bonchev–Trinajstić information content (AvgIpc) is 2.76. The number of nitrogens with zero attached hydrogens (tertiary/aromatic N) is 1. The maximum atomic E-state index is 12.1. The zero-order valence-corrected chi connectivity index (χ0v) is 13.2. The lowest BCUT2D eigenvalue weighted by molar-refractivity contribution is 0.0863. The van der Waals surface area contributed by atoms with Gasteiger partial charge in [0.1, 0.15) is 0 Å². The first kappa shape index (κ1) is 15.9. The van der Waals surface area contributed by atoms with Gasteiger partial charge in [-0.3, -0.25) is 15.2 Å². The van der Waals surface area contributed by atoms with Gasteiger partial charge in [-0.2, -0.15) is 0 Å². The smallest absolute Gasteiger partial charge is 0.270 e. The molecule has 1 rings (SSSR count). The van der Waals surface area contributed by atoms with Crippen LogP contribution in [0, 0.1) is 5.92 Å². The summed E-state index contributed by atoms with van der Waals surface area (Å²) in [5.74, 6) is 0.201. The van der Waals surface area contributed by atoms with Crippen molar-refractivity contribution in [3.05, 3.63) is 21.9 Å². The molecule has 0 bridgehead atoms. The minimum absolute atomic E-state index is 0.160. The van der Waals surface area contributed by atoms with Crippen molar-refractivity contribution in [1.82, 2.24) is 10.4 Å². The standard InChI is InChI=1S/C13H21N3OS2/c1-4-5-11-6-10(8-19-11)12(17)15-16(13(14)18)7-9(2)3/h6,8-9H,4-5,7H2,1-3H3,(H2,14,18)(H,15,17). The van der Waals surface area contributed by atoms with E-state index in [4.69, 9.17) is 18.0 Å². The highest BCUT2D eigenvalue weighted by atomic mass is 32.1. The van der Waals surface area contributed by atoms with Crippen molar-refractivity contribution in [2.75, 3.05) is 6.54 Å². The van der Waals surface area contributed by atoms with Crippen molar-refractivity contribution in [3.63, 3.8) is 0 Å². The summed E-state index contributed by atoms with van der Waals surface area (Å²) in [5, 5.41) is 3.58. The molecule has 0 aliphatic rings. The fourth-order valence-corrected chi connectivity index (χ4v) is 2.71. The summed E-state index contributed by atoms with van der Waals surface area (Å²) >= 11 is 6.55. The zero-order chi connectivity index (χ0) is 14.4. The molecule has 0 saturated carbocycles. The summed E-state index contributed by atoms with van der Waals surface area (Å²) in [6.45, 7) is 6.81. The highest BCUT2D eigenvalue weighted by Crippen LogP contribution is 2.16. The van der Waals surface area contributed by atoms with E-state index in [1.165, 1.54) is 9.89 Å². The Morgan fingerprint density at radius 3 is 2.79 bits per heavy atom. The van der Waals surface area contributed by atoms with Crippen molar-refractivity contribution in [2.24, 2.45) is 11.7 Å². The van der Waals surface area contributed by atoms with E-state index >= 15 is 0 Å². The van der Waals surface area contributed by atoms with Crippen LogP contribution in [0.5, 0.6) is 0 Å². The lowest BCUT2D eigenvalue weighted by atomic mass is 10.2. The van der Waals surface area contributed by atoms with Gasteiger partial charge in [-0.15, -0.1) is 11.3 Å². The number of hydrogen-bond acceptors (Lipinski definition) is 3. The number of rotatable bonds is 5. The van der Waals surface area contributed by atoms with Gasteiger partial charge in [0.15, 0.2) is 5.11 Å². The third-order valence-corrected chi connectivity index (χ3v) is 3.68. The normalized spacial score (nSPS) is 10.5. The molecule has 19 heavy (non-hydrogen) atoms. The number of carbonyl (C=O) groups is 1. The molecule has 0 saturated heterocycles. The Morgan fingerprint density at radius 1 is 1.58 bits per heavy atom. The van der Waals surface area contributed by atoms with Gasteiger partial charge in [0, 0.05) is 16.8 Å². The molecule has 0 aliphatic heterocycles. The largest absolute Gasteiger partial charge is 0.375 e. The topological polar surface area (TPSA) is 58.4 Å². The number of nitrogens with one attached hydrogen (secondary N) is 1. The van der Waals surface area contributed by atoms with Crippen LogP contribution >= 0.6 is 23.6 Å². The lowest BCUT2D eigenvalue weighted by Crippen LogP contribution is -2.50. The third kappa shape index (κ3) is 5.16. The van der Waals surface area contributed by atoms with E-state index in [9.17, 15) is 4.79 Å². The highest BCUT2D eigenvalue weighted by molar-refractivity contribution is 7.80. The van der Waals surface area contributed by atoms with Gasteiger partial charge in [0.25, 0.3) is 5.91 Å². The summed E-state index contributed by atoms with van der Waals surface area (Å²) in [6.07, 6.45) is 2.08. The van der Waals surface area contributed by atoms with Crippen molar-refractivity contribution in [3.8, 4) is 0 Å². The second kappa shape index (κ2) is 7.45. The van der Waals surface area contributed by atoms with Crippen molar-refractivity contribution in [2.45, 2.75) is 33.6 Å². The van der Waals surface area contributed by atoms with Crippen LogP contribution < -0.4 is 11.2 Å². The van der Waals surface area contributed by atoms with Crippen molar-refractivity contribution >= 4 is 34.6 Å². The number of aryl methyl sites for hydroxylation is 1. The number of amides is 1. The van der Waals surface area contributed by atoms with Gasteiger partial charge >= 0.3 is 0 Å². The van der Waals surface area contributed by atoms with Crippen molar-refractivity contribution < 1.29 is 4.79 Å². The molecule has 4 nitrogen and oxygen atoms in total. The second-order valence-electron chi connectivity index (χ2n) is 4.84. The van der Waals surface area contributed by atoms with Crippen LogP contribution in [0.15, 0.2) is 11.4 Å². The summed E-state index contributed by atoms with van der Waals surface area (Å²) in [4.78, 5) is 13.3. The Balaban J connectivity index is 2.67. The molecule has 1 aromatic rings. The molecule has 1 aromatic heterocycles. The molecular formula is C13H21N3OS2. The fraction of sp³-hybridized carbons (Fsp3) is 0.538. The van der Waals surface area contributed by atoms with Crippen molar-refractivity contribution in [1.29, 1.82) is 0 Å². The first-order chi connectivity index (χ1) is 8.93. The van der Waals surface area contributed by atoms with Gasteiger partial charge < -0.3 is 5.73 Å². The predicted octanol–water partition coefficient (Wildman–Crippen LogP) is 2.55. The van der Waals surface area contributed by atoms with Crippen LogP contribution in [0.25, 0.3) is 0 Å². The van der Waals surface area contributed by atoms with E-state index in [1.807, 2.05) is 25.3 Å². The molecule has 0 radical (unpaired) electrons. The van der Waals surface area contributed by atoms with E-state index in [0.717, 1.165) is 12.8 Å². The second-order valence-corrected chi connectivity index (χ2v) is 6.25. The Kier molecular flexibility index (Phi) is 6.24. The highest BCUT2D eigenvalue weighted by Gasteiger charge is 2.14. The minimum Gasteiger partial charge on any atom is -0.375 e. The van der Waals surface area contributed by atoms with E-state index in [0.29, 0.717) is 18.0 Å². The van der Waals surface area contributed by atoms with E-state index in [1.54, 1.807) is 11.3 Å². The molecule has 1 heterocycles. The van der Waals surface area contributed by atoms with Crippen LogP contribution in [0.3, 0.4) is 0 Å². The van der Waals surface area contributed by atoms with Crippen LogP contribution in [-0.2, 0) is 6.42 Å². The maximum absolute atomic E-state index is 12.1. The Hall–Kier alpha value is -1.14. The SMILES string of the molecule is CCCc1cc(C(=O)NN(CC(C)C)C(N)=S)cs1. The molecular weight excluding hydrogens is 278 g/mol. The summed E-state index contributed by atoms with van der Waals surface area (Å²) < 4.78 is 0. The number of hydrazine groups is 1. The number of nitrogens with two attached hydrogens (primary N) is 1. The molecule has 0 aromatic carbocycles. The van der Waals surface area contributed by atoms with Crippen LogP contribution in [0.4, 0.5) is 0 Å². The Labute approximate surface area is 123 Å². The molecule has 3 N–H and O–H groups in total. The summed E-state index contributed by atoms with van der Waals surface area (Å²) in [7, 11) is 0. The first-order valence-electron chi connectivity index (χ1n) is 6.39. The zero-order valence-electron chi connectivity index (χ0n) is 11.6. The van der Waals surface area contributed by atoms with Gasteiger partial charge in [-0.05, 0) is 30.6 Å². The molecule has 0 spiro atoms. The number of thiophene rings is 1. The van der Waals surface area contributed by atoms with Crippen LogP contribution in [-0.4, -0.2) is 22.6 Å². The molecule has 0 atom stereocenters. The monoisotopic (exact) mass is 299 g/mol. The lowest BCUT2D eigenvalue weighted by Gasteiger charge is -2.24. The van der Waals surface area contributed by atoms with E-state index in [-0.39, 0.29) is 11.0 Å². The molecule has 6 heteroatoms. The van der Waals surface area contributed by atoms with Gasteiger partial charge in [-0.25, -0.2) is 0 Å².